The van der Waals surface area contributed by atoms with Gasteiger partial charge in [0.25, 0.3) is 0 Å². The summed E-state index contributed by atoms with van der Waals surface area (Å²) in [4.78, 5) is 19.8. The lowest BCUT2D eigenvalue weighted by Gasteiger charge is -2.12. The molecule has 1 aromatic carbocycles. The van der Waals surface area contributed by atoms with Crippen molar-refractivity contribution in [2.24, 2.45) is 0 Å². The van der Waals surface area contributed by atoms with E-state index in [-0.39, 0.29) is 6.03 Å². The van der Waals surface area contributed by atoms with Crippen LogP contribution in [-0.2, 0) is 6.42 Å². The van der Waals surface area contributed by atoms with E-state index in [1.165, 1.54) is 18.4 Å². The quantitative estimate of drug-likeness (QED) is 0.791. The van der Waals surface area contributed by atoms with Gasteiger partial charge in [0, 0.05) is 18.5 Å². The number of amides is 2. The third kappa shape index (κ3) is 4.03. The predicted molar refractivity (Wildman–Crippen MR) is 92.7 cm³/mol. The first-order valence-electron chi connectivity index (χ1n) is 8.65. The van der Waals surface area contributed by atoms with Crippen molar-refractivity contribution in [3.8, 4) is 0 Å². The zero-order chi connectivity index (χ0) is 16.2. The van der Waals surface area contributed by atoms with Crippen molar-refractivity contribution >= 4 is 17.1 Å². The third-order valence-electron chi connectivity index (χ3n) is 4.50. The number of aromatic nitrogens is 2. The van der Waals surface area contributed by atoms with Crippen LogP contribution in [0, 0.1) is 0 Å². The molecule has 0 saturated heterocycles. The minimum absolute atomic E-state index is 0.0402. The Balaban J connectivity index is 1.51. The Morgan fingerprint density at radius 1 is 1.35 bits per heavy atom. The Morgan fingerprint density at radius 2 is 2.13 bits per heavy atom. The normalized spacial score (nSPS) is 15.4. The number of aromatic amines is 1. The number of benzene rings is 1. The average molecular weight is 314 g/mol. The highest BCUT2D eigenvalue weighted by Gasteiger charge is 2.16. The summed E-state index contributed by atoms with van der Waals surface area (Å²) in [6.45, 7) is 4.91. The standard InChI is InChI=1S/C18H26N4O/c1-12(2)17-21-15-8-7-13(11-16(15)22-17)9-10-19-18(23)20-14-5-3-4-6-14/h7-8,11-12,14H,3-6,9-10H2,1-2H3,(H,21,22)(H2,19,20,23). The number of fused-ring (bicyclic) bond motifs is 1. The molecule has 0 unspecified atom stereocenters. The second-order valence-electron chi connectivity index (χ2n) is 6.76. The van der Waals surface area contributed by atoms with Gasteiger partial charge >= 0.3 is 6.03 Å². The molecule has 2 amide bonds. The molecule has 124 valence electrons. The van der Waals surface area contributed by atoms with E-state index in [4.69, 9.17) is 0 Å². The van der Waals surface area contributed by atoms with Crippen LogP contribution in [0.2, 0.25) is 0 Å². The van der Waals surface area contributed by atoms with Crippen molar-refractivity contribution in [1.29, 1.82) is 0 Å². The highest BCUT2D eigenvalue weighted by atomic mass is 16.2. The molecule has 5 heteroatoms. The number of hydrogen-bond acceptors (Lipinski definition) is 2. The van der Waals surface area contributed by atoms with Crippen molar-refractivity contribution in [2.45, 2.75) is 57.9 Å². The largest absolute Gasteiger partial charge is 0.342 e. The van der Waals surface area contributed by atoms with Gasteiger partial charge in [-0.2, -0.15) is 0 Å². The summed E-state index contributed by atoms with van der Waals surface area (Å²) in [5, 5.41) is 6.00. The molecule has 2 aromatic rings. The van der Waals surface area contributed by atoms with Crippen LogP contribution < -0.4 is 10.6 Å². The highest BCUT2D eigenvalue weighted by molar-refractivity contribution is 5.76. The zero-order valence-corrected chi connectivity index (χ0v) is 14.0. The second-order valence-corrected chi connectivity index (χ2v) is 6.76. The van der Waals surface area contributed by atoms with E-state index < -0.39 is 0 Å². The van der Waals surface area contributed by atoms with Gasteiger partial charge in [0.05, 0.1) is 11.0 Å². The Hall–Kier alpha value is -2.04. The van der Waals surface area contributed by atoms with Crippen LogP contribution in [0.4, 0.5) is 4.79 Å². The third-order valence-corrected chi connectivity index (χ3v) is 4.50. The van der Waals surface area contributed by atoms with Crippen molar-refractivity contribution < 1.29 is 4.79 Å². The van der Waals surface area contributed by atoms with Crippen LogP contribution in [0.1, 0.15) is 56.8 Å². The molecule has 1 saturated carbocycles. The number of carbonyl (C=O) groups is 1. The molecule has 3 rings (SSSR count). The first-order valence-corrected chi connectivity index (χ1v) is 8.65. The minimum atomic E-state index is -0.0402. The lowest BCUT2D eigenvalue weighted by atomic mass is 10.1. The van der Waals surface area contributed by atoms with Crippen molar-refractivity contribution in [2.75, 3.05) is 6.54 Å². The molecule has 1 aliphatic rings. The van der Waals surface area contributed by atoms with Crippen LogP contribution in [0.25, 0.3) is 11.0 Å². The predicted octanol–water partition coefficient (Wildman–Crippen LogP) is 3.47. The Labute approximate surface area is 137 Å². The fourth-order valence-electron chi connectivity index (χ4n) is 3.13. The maximum absolute atomic E-state index is 11.8. The van der Waals surface area contributed by atoms with Gasteiger partial charge in [-0.05, 0) is 37.0 Å². The van der Waals surface area contributed by atoms with Crippen molar-refractivity contribution in [3.63, 3.8) is 0 Å². The number of nitrogens with zero attached hydrogens (tertiary/aromatic N) is 1. The molecule has 5 nitrogen and oxygen atoms in total. The van der Waals surface area contributed by atoms with E-state index in [0.29, 0.717) is 18.5 Å². The molecule has 0 atom stereocenters. The number of nitrogens with one attached hydrogen (secondary N) is 3. The van der Waals surface area contributed by atoms with E-state index in [1.807, 2.05) is 6.07 Å². The van der Waals surface area contributed by atoms with Gasteiger partial charge in [0.15, 0.2) is 0 Å². The van der Waals surface area contributed by atoms with Crippen LogP contribution >= 0.6 is 0 Å². The average Bonchev–Trinajstić information content (AvgIpc) is 3.15. The van der Waals surface area contributed by atoms with E-state index >= 15 is 0 Å². The first-order chi connectivity index (χ1) is 11.1. The number of H-pyrrole nitrogens is 1. The van der Waals surface area contributed by atoms with Gasteiger partial charge in [-0.25, -0.2) is 9.78 Å². The fraction of sp³-hybridized carbons (Fsp3) is 0.556. The summed E-state index contributed by atoms with van der Waals surface area (Å²) in [6, 6.07) is 6.59. The van der Waals surface area contributed by atoms with Crippen molar-refractivity contribution in [1.82, 2.24) is 20.6 Å². The van der Waals surface area contributed by atoms with Crippen LogP contribution in [0.5, 0.6) is 0 Å². The summed E-state index contributed by atoms with van der Waals surface area (Å²) >= 11 is 0. The van der Waals surface area contributed by atoms with E-state index in [9.17, 15) is 4.79 Å². The molecule has 23 heavy (non-hydrogen) atoms. The molecule has 1 aromatic heterocycles. The first kappa shape index (κ1) is 15.8. The Bertz CT molecular complexity index is 671. The molecule has 1 aliphatic carbocycles. The lowest BCUT2D eigenvalue weighted by molar-refractivity contribution is 0.237. The topological polar surface area (TPSA) is 69.8 Å². The van der Waals surface area contributed by atoms with Gasteiger partial charge in [-0.1, -0.05) is 32.8 Å². The molecule has 0 bridgehead atoms. The fourth-order valence-corrected chi connectivity index (χ4v) is 3.13. The zero-order valence-electron chi connectivity index (χ0n) is 14.0. The maximum Gasteiger partial charge on any atom is 0.315 e. The molecule has 3 N–H and O–H groups in total. The molecule has 1 fully saturated rings. The van der Waals surface area contributed by atoms with E-state index in [0.717, 1.165) is 36.1 Å². The number of carbonyl (C=O) groups excluding carboxylic acids is 1. The number of imidazole rings is 1. The maximum atomic E-state index is 11.8. The Kier molecular flexibility index (Phi) is 4.84. The molecule has 0 spiro atoms. The number of urea groups is 1. The van der Waals surface area contributed by atoms with Gasteiger partial charge in [-0.15, -0.1) is 0 Å². The van der Waals surface area contributed by atoms with Gasteiger partial charge in [-0.3, -0.25) is 0 Å². The smallest absolute Gasteiger partial charge is 0.315 e. The molecular formula is C18H26N4O. The Morgan fingerprint density at radius 3 is 2.87 bits per heavy atom. The summed E-state index contributed by atoms with van der Waals surface area (Å²) in [7, 11) is 0. The van der Waals surface area contributed by atoms with Gasteiger partial charge < -0.3 is 15.6 Å². The molecular weight excluding hydrogens is 288 g/mol. The van der Waals surface area contributed by atoms with Gasteiger partial charge in [0.1, 0.15) is 5.82 Å². The number of rotatable bonds is 5. The van der Waals surface area contributed by atoms with E-state index in [2.05, 4.69) is 46.6 Å². The monoisotopic (exact) mass is 314 g/mol. The van der Waals surface area contributed by atoms with Crippen LogP contribution in [0.15, 0.2) is 18.2 Å². The molecule has 0 radical (unpaired) electrons. The molecule has 1 heterocycles. The summed E-state index contributed by atoms with van der Waals surface area (Å²) < 4.78 is 0. The number of hydrogen-bond donors (Lipinski definition) is 3. The summed E-state index contributed by atoms with van der Waals surface area (Å²) in [5.74, 6) is 1.41. The minimum Gasteiger partial charge on any atom is -0.342 e. The van der Waals surface area contributed by atoms with Crippen LogP contribution in [0.3, 0.4) is 0 Å². The second kappa shape index (κ2) is 7.02. The van der Waals surface area contributed by atoms with Crippen molar-refractivity contribution in [3.05, 3.63) is 29.6 Å². The highest BCUT2D eigenvalue weighted by Crippen LogP contribution is 2.19. The summed E-state index contributed by atoms with van der Waals surface area (Å²) in [6.07, 6.45) is 5.51. The van der Waals surface area contributed by atoms with E-state index in [1.54, 1.807) is 0 Å². The molecule has 0 aliphatic heterocycles. The van der Waals surface area contributed by atoms with Gasteiger partial charge in [0.2, 0.25) is 0 Å². The van der Waals surface area contributed by atoms with Crippen LogP contribution in [-0.4, -0.2) is 28.6 Å². The lowest BCUT2D eigenvalue weighted by Crippen LogP contribution is -2.41. The SMILES string of the molecule is CC(C)c1nc2ccc(CCNC(=O)NC3CCCC3)cc2[nH]1. The summed E-state index contributed by atoms with van der Waals surface area (Å²) in [5.41, 5.74) is 3.28.